The molecule has 0 fully saturated rings. The van der Waals surface area contributed by atoms with Crippen molar-refractivity contribution in [2.24, 2.45) is 0 Å². The maximum absolute atomic E-state index is 9.59. The number of hydrogen-bond donors (Lipinski definition) is 1. The number of hydrogen-bond acceptors (Lipinski definition) is 3. The molecule has 0 saturated carbocycles. The van der Waals surface area contributed by atoms with Crippen LogP contribution in [0.5, 0.6) is 5.75 Å². The van der Waals surface area contributed by atoms with Crippen molar-refractivity contribution in [3.8, 4) is 5.75 Å². The molecule has 1 heterocycles. The molecule has 3 nitrogen and oxygen atoms in total. The van der Waals surface area contributed by atoms with Gasteiger partial charge in [-0.3, -0.25) is 4.90 Å². The second-order valence-corrected chi connectivity index (χ2v) is 6.08. The van der Waals surface area contributed by atoms with E-state index in [0.717, 1.165) is 22.9 Å². The Hall–Kier alpha value is -1.03. The molecule has 1 atom stereocenters. The van der Waals surface area contributed by atoms with Crippen LogP contribution < -0.4 is 4.74 Å². The summed E-state index contributed by atoms with van der Waals surface area (Å²) in [5.74, 6) is 0.879. The van der Waals surface area contributed by atoms with Crippen LogP contribution in [0.2, 0.25) is 5.02 Å². The summed E-state index contributed by atoms with van der Waals surface area (Å²) < 4.78 is 5.76. The van der Waals surface area contributed by atoms with Crippen LogP contribution in [0.1, 0.15) is 26.3 Å². The Kier molecular flexibility index (Phi) is 5.08. The number of rotatable bonds is 5. The molecule has 1 aliphatic heterocycles. The Balaban J connectivity index is 2.13. The van der Waals surface area contributed by atoms with Gasteiger partial charge in [-0.1, -0.05) is 11.6 Å². The van der Waals surface area contributed by atoms with Crippen LogP contribution in [0, 0.1) is 0 Å². The van der Waals surface area contributed by atoms with Crippen LogP contribution in [0.15, 0.2) is 23.8 Å². The normalized spacial score (nSPS) is 15.8. The molecule has 1 aliphatic rings. The summed E-state index contributed by atoms with van der Waals surface area (Å²) in [6.07, 6.45) is 1.81. The lowest BCUT2D eigenvalue weighted by molar-refractivity contribution is 0.112. The Morgan fingerprint density at radius 1 is 1.35 bits per heavy atom. The third-order valence-corrected chi connectivity index (χ3v) is 3.61. The van der Waals surface area contributed by atoms with Crippen LogP contribution >= 0.6 is 11.6 Å². The third-order valence-electron chi connectivity index (χ3n) is 3.38. The number of aliphatic hydroxyl groups excluding tert-OH is 1. The van der Waals surface area contributed by atoms with Crippen LogP contribution in [-0.4, -0.2) is 41.8 Å². The van der Waals surface area contributed by atoms with E-state index in [1.54, 1.807) is 0 Å². The minimum absolute atomic E-state index is 0.329. The zero-order chi connectivity index (χ0) is 14.7. The van der Waals surface area contributed by atoms with Crippen molar-refractivity contribution in [3.05, 3.63) is 34.4 Å². The van der Waals surface area contributed by atoms with Gasteiger partial charge in [0.1, 0.15) is 12.4 Å². The predicted octanol–water partition coefficient (Wildman–Crippen LogP) is 3.21. The fourth-order valence-electron chi connectivity index (χ4n) is 2.35. The lowest BCUT2D eigenvalue weighted by atomic mass is 10.1. The molecule has 2 rings (SSSR count). The van der Waals surface area contributed by atoms with Crippen molar-refractivity contribution in [1.29, 1.82) is 0 Å². The van der Waals surface area contributed by atoms with Crippen LogP contribution in [0.25, 0.3) is 6.08 Å². The van der Waals surface area contributed by atoms with Crippen molar-refractivity contribution in [2.75, 3.05) is 19.7 Å². The number of ether oxygens (including phenoxy) is 1. The van der Waals surface area contributed by atoms with Gasteiger partial charge >= 0.3 is 0 Å². The summed E-state index contributed by atoms with van der Waals surface area (Å²) in [5, 5.41) is 10.3. The maximum Gasteiger partial charge on any atom is 0.127 e. The minimum Gasteiger partial charge on any atom is -0.489 e. The van der Waals surface area contributed by atoms with Gasteiger partial charge in [0.2, 0.25) is 0 Å². The number of benzene rings is 1. The Labute approximate surface area is 125 Å². The molecule has 1 unspecified atom stereocenters. The summed E-state index contributed by atoms with van der Waals surface area (Å²) in [6, 6.07) is 6.05. The average molecular weight is 296 g/mol. The summed E-state index contributed by atoms with van der Waals surface area (Å²) in [7, 11) is 0. The molecule has 0 aliphatic carbocycles. The van der Waals surface area contributed by atoms with E-state index in [1.165, 1.54) is 5.57 Å². The highest BCUT2D eigenvalue weighted by Gasteiger charge is 2.17. The van der Waals surface area contributed by atoms with Gasteiger partial charge in [0.05, 0.1) is 6.10 Å². The zero-order valence-electron chi connectivity index (χ0n) is 12.3. The third kappa shape index (κ3) is 3.98. The van der Waals surface area contributed by atoms with Crippen molar-refractivity contribution in [2.45, 2.75) is 32.9 Å². The molecule has 1 N–H and O–H groups in total. The fourth-order valence-corrected chi connectivity index (χ4v) is 2.53. The molecule has 110 valence electrons. The maximum atomic E-state index is 9.59. The first-order valence-corrected chi connectivity index (χ1v) is 7.37. The van der Waals surface area contributed by atoms with E-state index < -0.39 is 0 Å². The van der Waals surface area contributed by atoms with Crippen molar-refractivity contribution in [1.82, 2.24) is 4.90 Å². The fraction of sp³-hybridized carbons (Fsp3) is 0.500. The number of aliphatic hydroxyl groups is 1. The van der Waals surface area contributed by atoms with Gasteiger partial charge in [-0.2, -0.15) is 0 Å². The standard InChI is InChI=1S/C16H22ClNO2/c1-11(2)18(8-12(3)19)9-13-6-14-7-15(17)4-5-16(14)20-10-13/h4-7,11-12,19H,8-10H2,1-3H3. The van der Waals surface area contributed by atoms with Crippen molar-refractivity contribution in [3.63, 3.8) is 0 Å². The molecule has 0 amide bonds. The van der Waals surface area contributed by atoms with E-state index in [9.17, 15) is 5.11 Å². The van der Waals surface area contributed by atoms with E-state index in [1.807, 2.05) is 25.1 Å². The minimum atomic E-state index is -0.329. The number of fused-ring (bicyclic) bond motifs is 1. The Morgan fingerprint density at radius 2 is 2.10 bits per heavy atom. The van der Waals surface area contributed by atoms with Gasteiger partial charge in [-0.05, 0) is 50.6 Å². The molecule has 0 saturated heterocycles. The second kappa shape index (κ2) is 6.61. The molecule has 20 heavy (non-hydrogen) atoms. The van der Waals surface area contributed by atoms with E-state index in [-0.39, 0.29) is 6.10 Å². The van der Waals surface area contributed by atoms with Crippen LogP contribution in [0.4, 0.5) is 0 Å². The van der Waals surface area contributed by atoms with Crippen LogP contribution in [-0.2, 0) is 0 Å². The summed E-state index contributed by atoms with van der Waals surface area (Å²) in [5.41, 5.74) is 2.23. The van der Waals surface area contributed by atoms with Gasteiger partial charge in [0, 0.05) is 29.7 Å². The smallest absolute Gasteiger partial charge is 0.127 e. The van der Waals surface area contributed by atoms with Gasteiger partial charge in [0.25, 0.3) is 0 Å². The lowest BCUT2D eigenvalue weighted by Crippen LogP contribution is -2.38. The van der Waals surface area contributed by atoms with Gasteiger partial charge < -0.3 is 9.84 Å². The van der Waals surface area contributed by atoms with Crippen molar-refractivity contribution < 1.29 is 9.84 Å². The molecule has 0 spiro atoms. The first kappa shape index (κ1) is 15.4. The summed E-state index contributed by atoms with van der Waals surface area (Å²) in [6.45, 7) is 8.15. The second-order valence-electron chi connectivity index (χ2n) is 5.65. The monoisotopic (exact) mass is 295 g/mol. The predicted molar refractivity (Wildman–Crippen MR) is 83.3 cm³/mol. The molecule has 4 heteroatoms. The summed E-state index contributed by atoms with van der Waals surface area (Å²) >= 11 is 6.02. The van der Waals surface area contributed by atoms with E-state index >= 15 is 0 Å². The average Bonchev–Trinajstić information content (AvgIpc) is 2.36. The topological polar surface area (TPSA) is 32.7 Å². The zero-order valence-corrected chi connectivity index (χ0v) is 13.0. The van der Waals surface area contributed by atoms with E-state index in [2.05, 4.69) is 24.8 Å². The molecular weight excluding hydrogens is 274 g/mol. The molecular formula is C16H22ClNO2. The van der Waals surface area contributed by atoms with E-state index in [0.29, 0.717) is 19.2 Å². The Bertz CT molecular complexity index is 497. The Morgan fingerprint density at radius 3 is 2.75 bits per heavy atom. The number of halogens is 1. The first-order valence-electron chi connectivity index (χ1n) is 6.99. The van der Waals surface area contributed by atoms with Gasteiger partial charge in [0.15, 0.2) is 0 Å². The highest BCUT2D eigenvalue weighted by molar-refractivity contribution is 6.30. The molecule has 1 aromatic rings. The highest BCUT2D eigenvalue weighted by Crippen LogP contribution is 2.29. The molecule has 0 bridgehead atoms. The largest absolute Gasteiger partial charge is 0.489 e. The first-order chi connectivity index (χ1) is 9.45. The molecule has 0 aromatic heterocycles. The molecule has 1 aromatic carbocycles. The SMILES string of the molecule is CC(O)CN(CC1=Cc2cc(Cl)ccc2OC1)C(C)C. The summed E-state index contributed by atoms with van der Waals surface area (Å²) in [4.78, 5) is 2.25. The highest BCUT2D eigenvalue weighted by atomic mass is 35.5. The quantitative estimate of drug-likeness (QED) is 0.905. The van der Waals surface area contributed by atoms with E-state index in [4.69, 9.17) is 16.3 Å². The number of nitrogens with zero attached hydrogens (tertiary/aromatic N) is 1. The van der Waals surface area contributed by atoms with Gasteiger partial charge in [-0.15, -0.1) is 0 Å². The van der Waals surface area contributed by atoms with Crippen molar-refractivity contribution >= 4 is 17.7 Å². The lowest BCUT2D eigenvalue weighted by Gasteiger charge is -2.30. The molecule has 0 radical (unpaired) electrons. The van der Waals surface area contributed by atoms with Crippen LogP contribution in [0.3, 0.4) is 0 Å². The van der Waals surface area contributed by atoms with Gasteiger partial charge in [-0.25, -0.2) is 0 Å².